The summed E-state index contributed by atoms with van der Waals surface area (Å²) in [4.78, 5) is 15.7. The third-order valence-electron chi connectivity index (χ3n) is 2.36. The molecule has 0 aliphatic carbocycles. The minimum atomic E-state index is -0.304. The molecule has 0 aromatic carbocycles. The van der Waals surface area contributed by atoms with E-state index < -0.39 is 0 Å². The van der Waals surface area contributed by atoms with Crippen LogP contribution in [0.25, 0.3) is 5.65 Å². The van der Waals surface area contributed by atoms with Crippen LogP contribution in [0.5, 0.6) is 0 Å². The molecule has 0 aliphatic heterocycles. The average molecular weight is 234 g/mol. The molecule has 2 aromatic rings. The minimum absolute atomic E-state index is 0.112. The fourth-order valence-corrected chi connectivity index (χ4v) is 1.76. The van der Waals surface area contributed by atoms with Gasteiger partial charge >= 0.3 is 5.97 Å². The van der Waals surface area contributed by atoms with Gasteiger partial charge in [0.25, 0.3) is 0 Å². The molecule has 0 radical (unpaired) electrons. The second-order valence-electron chi connectivity index (χ2n) is 3.74. The number of fused-ring (bicyclic) bond motifs is 1. The molecule has 6 nitrogen and oxygen atoms in total. The van der Waals surface area contributed by atoms with Gasteiger partial charge in [0.05, 0.1) is 6.61 Å². The van der Waals surface area contributed by atoms with Crippen molar-refractivity contribution in [3.8, 4) is 0 Å². The number of aromatic nitrogens is 4. The maximum atomic E-state index is 11.4. The lowest BCUT2D eigenvalue weighted by Gasteiger charge is -2.04. The first-order valence-corrected chi connectivity index (χ1v) is 5.45. The number of nitrogens with zero attached hydrogens (tertiary/aromatic N) is 4. The number of esters is 1. The molecule has 90 valence electrons. The van der Waals surface area contributed by atoms with Gasteiger partial charge in [-0.2, -0.15) is 0 Å². The second kappa shape index (κ2) is 4.48. The molecule has 2 aromatic heterocycles. The highest BCUT2D eigenvalue weighted by Crippen LogP contribution is 2.09. The number of ether oxygens (including phenoxy) is 1. The first-order chi connectivity index (χ1) is 8.11. The van der Waals surface area contributed by atoms with Crippen molar-refractivity contribution in [1.29, 1.82) is 0 Å². The summed E-state index contributed by atoms with van der Waals surface area (Å²) in [6.45, 7) is 5.90. The fourth-order valence-electron chi connectivity index (χ4n) is 1.76. The Bertz CT molecular complexity index is 562. The highest BCUT2D eigenvalue weighted by atomic mass is 16.5. The second-order valence-corrected chi connectivity index (χ2v) is 3.74. The number of rotatable bonds is 3. The summed E-state index contributed by atoms with van der Waals surface area (Å²) in [5.41, 5.74) is 1.58. The van der Waals surface area contributed by atoms with Gasteiger partial charge in [0.1, 0.15) is 18.1 Å². The summed E-state index contributed by atoms with van der Waals surface area (Å²) in [5, 5.41) is 8.01. The van der Waals surface area contributed by atoms with E-state index in [0.29, 0.717) is 18.1 Å². The van der Waals surface area contributed by atoms with Crippen LogP contribution in [-0.4, -0.2) is 32.2 Å². The Kier molecular flexibility index (Phi) is 3.03. The maximum Gasteiger partial charge on any atom is 0.313 e. The van der Waals surface area contributed by atoms with Crippen LogP contribution in [0.1, 0.15) is 24.3 Å². The molecule has 6 heteroatoms. The van der Waals surface area contributed by atoms with Crippen LogP contribution in [0.3, 0.4) is 0 Å². The van der Waals surface area contributed by atoms with Gasteiger partial charge in [0.2, 0.25) is 0 Å². The summed E-state index contributed by atoms with van der Waals surface area (Å²) in [6, 6.07) is 1.83. The van der Waals surface area contributed by atoms with Crippen molar-refractivity contribution in [1.82, 2.24) is 19.6 Å². The van der Waals surface area contributed by atoms with Crippen LogP contribution in [0.4, 0.5) is 0 Å². The smallest absolute Gasteiger partial charge is 0.313 e. The molecule has 0 spiro atoms. The van der Waals surface area contributed by atoms with E-state index in [9.17, 15) is 4.79 Å². The van der Waals surface area contributed by atoms with Crippen LogP contribution < -0.4 is 0 Å². The van der Waals surface area contributed by atoms with Crippen molar-refractivity contribution in [2.45, 2.75) is 27.2 Å². The van der Waals surface area contributed by atoms with Gasteiger partial charge in [-0.25, -0.2) is 4.98 Å². The maximum absolute atomic E-state index is 11.4. The monoisotopic (exact) mass is 234 g/mol. The van der Waals surface area contributed by atoms with Crippen molar-refractivity contribution in [2.75, 3.05) is 6.61 Å². The van der Waals surface area contributed by atoms with Crippen LogP contribution in [-0.2, 0) is 16.0 Å². The van der Waals surface area contributed by atoms with E-state index in [-0.39, 0.29) is 12.4 Å². The molecule has 0 fully saturated rings. The number of carbonyl (C=O) groups excluding carboxylic acids is 1. The summed E-state index contributed by atoms with van der Waals surface area (Å²) >= 11 is 0. The molecule has 0 atom stereocenters. The quantitative estimate of drug-likeness (QED) is 0.736. The van der Waals surface area contributed by atoms with Crippen LogP contribution in [0.2, 0.25) is 0 Å². The zero-order valence-electron chi connectivity index (χ0n) is 10.1. The minimum Gasteiger partial charge on any atom is -0.466 e. The highest BCUT2D eigenvalue weighted by molar-refractivity contribution is 5.71. The van der Waals surface area contributed by atoms with E-state index in [4.69, 9.17) is 4.74 Å². The zero-order chi connectivity index (χ0) is 12.4. The zero-order valence-corrected chi connectivity index (χ0v) is 10.1. The molecule has 0 N–H and O–H groups in total. The predicted molar refractivity (Wildman–Crippen MR) is 60.6 cm³/mol. The van der Waals surface area contributed by atoms with Gasteiger partial charge in [0, 0.05) is 11.8 Å². The third-order valence-corrected chi connectivity index (χ3v) is 2.36. The molecule has 0 amide bonds. The molecule has 0 saturated heterocycles. The molecular weight excluding hydrogens is 220 g/mol. The van der Waals surface area contributed by atoms with Gasteiger partial charge in [0.15, 0.2) is 5.65 Å². The summed E-state index contributed by atoms with van der Waals surface area (Å²) < 4.78 is 6.66. The molecule has 0 aliphatic rings. The van der Waals surface area contributed by atoms with Crippen LogP contribution in [0, 0.1) is 13.8 Å². The van der Waals surface area contributed by atoms with Crippen molar-refractivity contribution in [2.24, 2.45) is 0 Å². The standard InChI is InChI=1S/C11H14N4O2/c1-4-17-11(16)6-10-14-13-9-5-7(2)12-8(3)15(9)10/h5H,4,6H2,1-3H3. The predicted octanol–water partition coefficient (Wildman–Crippen LogP) is 0.847. The summed E-state index contributed by atoms with van der Waals surface area (Å²) in [7, 11) is 0. The number of aryl methyl sites for hydroxylation is 2. The Labute approximate surface area is 98.6 Å². The van der Waals surface area contributed by atoms with Crippen LogP contribution in [0.15, 0.2) is 6.07 Å². The largest absolute Gasteiger partial charge is 0.466 e. The molecule has 2 heterocycles. The Balaban J connectivity index is 2.39. The van der Waals surface area contributed by atoms with E-state index >= 15 is 0 Å². The van der Waals surface area contributed by atoms with Gasteiger partial charge in [-0.1, -0.05) is 0 Å². The molecule has 0 unspecified atom stereocenters. The van der Waals surface area contributed by atoms with Gasteiger partial charge in [-0.3, -0.25) is 9.20 Å². The molecule has 17 heavy (non-hydrogen) atoms. The van der Waals surface area contributed by atoms with E-state index in [0.717, 1.165) is 11.5 Å². The van der Waals surface area contributed by atoms with Crippen LogP contribution >= 0.6 is 0 Å². The van der Waals surface area contributed by atoms with E-state index in [1.807, 2.05) is 19.9 Å². The summed E-state index contributed by atoms with van der Waals surface area (Å²) in [6.07, 6.45) is 0.112. The SMILES string of the molecule is CCOC(=O)Cc1nnc2cc(C)nc(C)n12. The Morgan fingerprint density at radius 1 is 1.41 bits per heavy atom. The lowest BCUT2D eigenvalue weighted by Crippen LogP contribution is -2.11. The first kappa shape index (κ1) is 11.5. The van der Waals surface area contributed by atoms with E-state index in [2.05, 4.69) is 15.2 Å². The highest BCUT2D eigenvalue weighted by Gasteiger charge is 2.13. The fraction of sp³-hybridized carbons (Fsp3) is 0.455. The van der Waals surface area contributed by atoms with Crippen molar-refractivity contribution in [3.63, 3.8) is 0 Å². The lowest BCUT2D eigenvalue weighted by molar-refractivity contribution is -0.142. The van der Waals surface area contributed by atoms with Crippen molar-refractivity contribution in [3.05, 3.63) is 23.4 Å². The van der Waals surface area contributed by atoms with Gasteiger partial charge in [-0.15, -0.1) is 10.2 Å². The lowest BCUT2D eigenvalue weighted by atomic mass is 10.4. The first-order valence-electron chi connectivity index (χ1n) is 5.45. The van der Waals surface area contributed by atoms with Crippen molar-refractivity contribution < 1.29 is 9.53 Å². The van der Waals surface area contributed by atoms with Gasteiger partial charge in [-0.05, 0) is 20.8 Å². The number of hydrogen-bond acceptors (Lipinski definition) is 5. The molecule has 0 bridgehead atoms. The Morgan fingerprint density at radius 3 is 2.88 bits per heavy atom. The Hall–Kier alpha value is -1.98. The average Bonchev–Trinajstić information content (AvgIpc) is 2.61. The number of hydrogen-bond donors (Lipinski definition) is 0. The Morgan fingerprint density at radius 2 is 2.18 bits per heavy atom. The van der Waals surface area contributed by atoms with E-state index in [1.54, 1.807) is 11.3 Å². The summed E-state index contributed by atoms with van der Waals surface area (Å²) in [5.74, 6) is 1.02. The topological polar surface area (TPSA) is 69.4 Å². The molecular formula is C11H14N4O2. The molecule has 0 saturated carbocycles. The van der Waals surface area contributed by atoms with Gasteiger partial charge < -0.3 is 4.74 Å². The normalized spacial score (nSPS) is 10.8. The van der Waals surface area contributed by atoms with E-state index in [1.165, 1.54) is 0 Å². The molecule has 2 rings (SSSR count). The number of carbonyl (C=O) groups is 1. The van der Waals surface area contributed by atoms with Crippen molar-refractivity contribution >= 4 is 11.6 Å². The third kappa shape index (κ3) is 2.25.